The van der Waals surface area contributed by atoms with Crippen LogP contribution in [-0.2, 0) is 9.59 Å². The van der Waals surface area contributed by atoms with E-state index in [1.807, 2.05) is 19.1 Å². The molecule has 0 atom stereocenters. The highest BCUT2D eigenvalue weighted by molar-refractivity contribution is 6.48. The third-order valence-electron chi connectivity index (χ3n) is 6.64. The molecule has 0 saturated heterocycles. The summed E-state index contributed by atoms with van der Waals surface area (Å²) in [4.78, 5) is 40.1. The van der Waals surface area contributed by atoms with Gasteiger partial charge in [-0.15, -0.1) is 0 Å². The Labute approximate surface area is 216 Å². The van der Waals surface area contributed by atoms with Crippen LogP contribution in [0, 0.1) is 6.92 Å². The van der Waals surface area contributed by atoms with Gasteiger partial charge in [0.1, 0.15) is 16.5 Å². The molecule has 1 saturated carbocycles. The smallest absolute Gasteiger partial charge is 0.279 e. The van der Waals surface area contributed by atoms with Crippen LogP contribution in [0.4, 0.5) is 11.4 Å². The lowest BCUT2D eigenvalue weighted by Crippen LogP contribution is -2.42. The second-order valence-electron chi connectivity index (χ2n) is 9.30. The third-order valence-corrected chi connectivity index (χ3v) is 6.99. The number of aryl methyl sites for hydroxylation is 1. The summed E-state index contributed by atoms with van der Waals surface area (Å²) in [5.41, 5.74) is 2.47. The molecule has 2 aliphatic rings. The number of nitrogens with one attached hydrogen (secondary N) is 2. The molecular weight excluding hydrogens is 478 g/mol. The van der Waals surface area contributed by atoms with E-state index in [2.05, 4.69) is 17.6 Å². The highest BCUT2D eigenvalue weighted by atomic mass is 35.5. The number of ether oxygens (including phenoxy) is 1. The van der Waals surface area contributed by atoms with E-state index in [1.54, 1.807) is 30.3 Å². The van der Waals surface area contributed by atoms with Crippen molar-refractivity contribution in [2.75, 3.05) is 17.2 Å². The van der Waals surface area contributed by atoms with E-state index in [0.717, 1.165) is 56.3 Å². The summed E-state index contributed by atoms with van der Waals surface area (Å²) < 4.78 is 5.66. The number of imide groups is 1. The van der Waals surface area contributed by atoms with Gasteiger partial charge in [-0.2, -0.15) is 0 Å². The molecule has 1 aliphatic carbocycles. The molecule has 0 spiro atoms. The Morgan fingerprint density at radius 3 is 2.47 bits per heavy atom. The molecule has 1 fully saturated rings. The first kappa shape index (κ1) is 25.8. The summed E-state index contributed by atoms with van der Waals surface area (Å²) in [7, 11) is 0. The predicted molar refractivity (Wildman–Crippen MR) is 141 cm³/mol. The molecule has 190 valence electrons. The maximum absolute atomic E-state index is 13.1. The van der Waals surface area contributed by atoms with E-state index >= 15 is 0 Å². The van der Waals surface area contributed by atoms with Crippen LogP contribution in [0.1, 0.15) is 67.8 Å². The van der Waals surface area contributed by atoms with Crippen molar-refractivity contribution in [2.45, 2.75) is 64.8 Å². The van der Waals surface area contributed by atoms with E-state index in [0.29, 0.717) is 23.5 Å². The summed E-state index contributed by atoms with van der Waals surface area (Å²) in [5.74, 6) is -0.404. The van der Waals surface area contributed by atoms with Crippen molar-refractivity contribution in [1.29, 1.82) is 0 Å². The Morgan fingerprint density at radius 1 is 1.06 bits per heavy atom. The molecule has 2 aromatic carbocycles. The fourth-order valence-electron chi connectivity index (χ4n) is 4.50. The fraction of sp³-hybridized carbons (Fsp3) is 0.393. The van der Waals surface area contributed by atoms with Crippen molar-refractivity contribution in [1.82, 2.24) is 4.90 Å². The van der Waals surface area contributed by atoms with Crippen LogP contribution in [0.25, 0.3) is 0 Å². The quantitative estimate of drug-likeness (QED) is 0.320. The second-order valence-corrected chi connectivity index (χ2v) is 9.67. The number of anilines is 2. The Bertz CT molecular complexity index is 1170. The van der Waals surface area contributed by atoms with Gasteiger partial charge in [-0.05, 0) is 68.1 Å². The van der Waals surface area contributed by atoms with Crippen molar-refractivity contribution >= 4 is 40.7 Å². The topological polar surface area (TPSA) is 87.7 Å². The molecule has 7 nitrogen and oxygen atoms in total. The van der Waals surface area contributed by atoms with Gasteiger partial charge in [0.25, 0.3) is 17.7 Å². The number of hydrogen-bond acceptors (Lipinski definition) is 5. The molecule has 1 heterocycles. The van der Waals surface area contributed by atoms with Crippen LogP contribution in [0.2, 0.25) is 0 Å². The molecule has 2 aromatic rings. The van der Waals surface area contributed by atoms with Crippen LogP contribution in [0.15, 0.2) is 53.2 Å². The Kier molecular flexibility index (Phi) is 8.31. The average molecular weight is 510 g/mol. The molecule has 0 aromatic heterocycles. The van der Waals surface area contributed by atoms with E-state index in [4.69, 9.17) is 16.3 Å². The minimum absolute atomic E-state index is 0.0616. The Balaban J connectivity index is 1.45. The summed E-state index contributed by atoms with van der Waals surface area (Å²) in [6, 6.07) is 12.3. The number of unbranched alkanes of at least 4 members (excludes halogenated alkanes) is 1. The van der Waals surface area contributed by atoms with Crippen LogP contribution in [0.5, 0.6) is 5.75 Å². The van der Waals surface area contributed by atoms with Gasteiger partial charge in [0.2, 0.25) is 0 Å². The molecule has 0 radical (unpaired) electrons. The van der Waals surface area contributed by atoms with E-state index in [-0.39, 0.29) is 22.7 Å². The van der Waals surface area contributed by atoms with Gasteiger partial charge in [0.05, 0.1) is 6.61 Å². The zero-order valence-corrected chi connectivity index (χ0v) is 21.5. The first-order valence-corrected chi connectivity index (χ1v) is 13.0. The number of rotatable bonds is 9. The predicted octanol–water partition coefficient (Wildman–Crippen LogP) is 5.99. The summed E-state index contributed by atoms with van der Waals surface area (Å²) in [6.45, 7) is 4.63. The summed E-state index contributed by atoms with van der Waals surface area (Å²) in [6.07, 6.45) is 6.76. The number of carbonyl (C=O) groups is 3. The molecule has 36 heavy (non-hydrogen) atoms. The lowest BCUT2D eigenvalue weighted by Gasteiger charge is -2.29. The lowest BCUT2D eigenvalue weighted by molar-refractivity contribution is -0.140. The second kappa shape index (κ2) is 11.6. The minimum atomic E-state index is -0.454. The zero-order valence-electron chi connectivity index (χ0n) is 20.7. The van der Waals surface area contributed by atoms with Gasteiger partial charge in [0.15, 0.2) is 0 Å². The highest BCUT2D eigenvalue weighted by Gasteiger charge is 2.42. The molecule has 0 unspecified atom stereocenters. The number of benzene rings is 2. The van der Waals surface area contributed by atoms with Crippen molar-refractivity contribution in [3.05, 3.63) is 64.3 Å². The van der Waals surface area contributed by atoms with Crippen molar-refractivity contribution in [2.24, 2.45) is 0 Å². The van der Waals surface area contributed by atoms with E-state index in [1.165, 1.54) is 4.90 Å². The van der Waals surface area contributed by atoms with Gasteiger partial charge in [0, 0.05) is 23.0 Å². The maximum Gasteiger partial charge on any atom is 0.279 e. The molecule has 0 bridgehead atoms. The summed E-state index contributed by atoms with van der Waals surface area (Å²) >= 11 is 6.32. The van der Waals surface area contributed by atoms with Gasteiger partial charge >= 0.3 is 0 Å². The first-order valence-electron chi connectivity index (χ1n) is 12.6. The number of nitrogens with zero attached hydrogens (tertiary/aromatic N) is 1. The molecular formula is C28H32ClN3O4. The molecule has 2 N–H and O–H groups in total. The van der Waals surface area contributed by atoms with Crippen molar-refractivity contribution < 1.29 is 19.1 Å². The average Bonchev–Trinajstić information content (AvgIpc) is 3.09. The largest absolute Gasteiger partial charge is 0.494 e. The number of hydrogen-bond donors (Lipinski definition) is 2. The van der Waals surface area contributed by atoms with Crippen LogP contribution in [-0.4, -0.2) is 35.3 Å². The fourth-order valence-corrected chi connectivity index (χ4v) is 4.72. The third kappa shape index (κ3) is 5.73. The standard InChI is InChI=1S/C28H32ClN3O4/c1-3-4-16-36-22-14-12-20(13-15-22)30-26(33)19-11-10-18(2)23(17-19)31-25-24(29)27(34)32(28(25)35)21-8-6-5-7-9-21/h10-15,17,21,31H,3-9,16H2,1-2H3,(H,30,33). The Hall–Kier alpha value is -3.32. The normalized spacial score (nSPS) is 16.5. The molecule has 8 heteroatoms. The molecule has 4 rings (SSSR count). The minimum Gasteiger partial charge on any atom is -0.494 e. The van der Waals surface area contributed by atoms with Gasteiger partial charge in [-0.3, -0.25) is 19.3 Å². The van der Waals surface area contributed by atoms with Crippen LogP contribution >= 0.6 is 11.6 Å². The van der Waals surface area contributed by atoms with Crippen molar-refractivity contribution in [3.63, 3.8) is 0 Å². The van der Waals surface area contributed by atoms with Gasteiger partial charge < -0.3 is 15.4 Å². The van der Waals surface area contributed by atoms with E-state index < -0.39 is 11.8 Å². The zero-order chi connectivity index (χ0) is 25.7. The SMILES string of the molecule is CCCCOc1ccc(NC(=O)c2ccc(C)c(NC3=C(Cl)C(=O)N(C4CCCCC4)C3=O)c2)cc1. The van der Waals surface area contributed by atoms with Crippen LogP contribution < -0.4 is 15.4 Å². The van der Waals surface area contributed by atoms with E-state index in [9.17, 15) is 14.4 Å². The lowest BCUT2D eigenvalue weighted by atomic mass is 9.94. The van der Waals surface area contributed by atoms with Crippen molar-refractivity contribution in [3.8, 4) is 5.75 Å². The summed E-state index contributed by atoms with van der Waals surface area (Å²) in [5, 5.41) is 5.81. The van der Waals surface area contributed by atoms with Gasteiger partial charge in [-0.1, -0.05) is 50.3 Å². The number of halogens is 1. The van der Waals surface area contributed by atoms with Gasteiger partial charge in [-0.25, -0.2) is 0 Å². The number of carbonyl (C=O) groups excluding carboxylic acids is 3. The van der Waals surface area contributed by atoms with Crippen LogP contribution in [0.3, 0.4) is 0 Å². The monoisotopic (exact) mass is 509 g/mol. The maximum atomic E-state index is 13.1. The highest BCUT2D eigenvalue weighted by Crippen LogP contribution is 2.33. The first-order chi connectivity index (χ1) is 17.4. The molecule has 3 amide bonds. The Morgan fingerprint density at radius 2 is 1.78 bits per heavy atom. The number of amides is 3. The molecule has 1 aliphatic heterocycles.